The number of rotatable bonds is 6. The molecule has 130 valence electrons. The van der Waals surface area contributed by atoms with Crippen LogP contribution in [-0.4, -0.2) is 43.5 Å². The zero-order valence-corrected chi connectivity index (χ0v) is 15.2. The molecule has 0 radical (unpaired) electrons. The third-order valence-electron chi connectivity index (χ3n) is 2.92. The van der Waals surface area contributed by atoms with Crippen molar-refractivity contribution in [2.75, 3.05) is 39.3 Å². The molecule has 2 rings (SSSR count). The molecule has 0 saturated carbocycles. The number of benzene rings is 1. The van der Waals surface area contributed by atoms with Crippen LogP contribution in [0.25, 0.3) is 10.9 Å². The number of nitriles is 1. The van der Waals surface area contributed by atoms with E-state index in [0.717, 1.165) is 4.47 Å². The van der Waals surface area contributed by atoms with E-state index in [4.69, 9.17) is 15.7 Å². The number of hydrogen-bond acceptors (Lipinski definition) is 7. The van der Waals surface area contributed by atoms with Crippen molar-refractivity contribution in [3.05, 3.63) is 33.0 Å². The second kappa shape index (κ2) is 10.7. The number of fused-ring (bicyclic) bond motifs is 1. The Morgan fingerprint density at radius 3 is 2.62 bits per heavy atom. The van der Waals surface area contributed by atoms with Gasteiger partial charge in [0.05, 0.1) is 30.7 Å². The number of nitrogens with two attached hydrogens (primary N) is 1. The highest BCUT2D eigenvalue weighted by Crippen LogP contribution is 2.17. The SMILES string of the molecule is COCCN.COCCn1c(NC#N)nc2ccc(Br)cc2c1=O. The standard InChI is InChI=1S/C12H11BrN4O2.C3H9NO/c1-19-5-4-17-11(18)9-6-8(13)2-3-10(9)16-12(17)15-7-14;1-5-3-2-4/h2-3,6H,4-5H2,1H3,(H,15,16);2-4H2,1H3. The van der Waals surface area contributed by atoms with Crippen LogP contribution in [0, 0.1) is 11.5 Å². The Balaban J connectivity index is 0.000000505. The van der Waals surface area contributed by atoms with Crippen LogP contribution in [0.1, 0.15) is 0 Å². The van der Waals surface area contributed by atoms with Gasteiger partial charge in [0.15, 0.2) is 6.19 Å². The maximum atomic E-state index is 12.4. The van der Waals surface area contributed by atoms with Crippen LogP contribution < -0.4 is 16.6 Å². The summed E-state index contributed by atoms with van der Waals surface area (Å²) in [6, 6.07) is 5.23. The average Bonchev–Trinajstić information content (AvgIpc) is 2.57. The molecule has 0 aliphatic carbocycles. The van der Waals surface area contributed by atoms with E-state index in [0.29, 0.717) is 37.2 Å². The third kappa shape index (κ3) is 5.58. The molecule has 0 atom stereocenters. The zero-order chi connectivity index (χ0) is 17.9. The van der Waals surface area contributed by atoms with Crippen molar-refractivity contribution in [3.8, 4) is 6.19 Å². The van der Waals surface area contributed by atoms with Crippen molar-refractivity contribution in [1.82, 2.24) is 9.55 Å². The molecule has 0 amide bonds. The second-order valence-corrected chi connectivity index (χ2v) is 5.48. The van der Waals surface area contributed by atoms with E-state index in [9.17, 15) is 4.79 Å². The number of nitrogens with one attached hydrogen (secondary N) is 1. The molecular formula is C15H20BrN5O3. The molecule has 0 bridgehead atoms. The van der Waals surface area contributed by atoms with Crippen molar-refractivity contribution in [2.45, 2.75) is 6.54 Å². The van der Waals surface area contributed by atoms with Gasteiger partial charge in [-0.3, -0.25) is 14.7 Å². The molecule has 24 heavy (non-hydrogen) atoms. The van der Waals surface area contributed by atoms with Crippen molar-refractivity contribution in [1.29, 1.82) is 5.26 Å². The quantitative estimate of drug-likeness (QED) is 0.557. The molecule has 0 fully saturated rings. The topological polar surface area (TPSA) is 115 Å². The summed E-state index contributed by atoms with van der Waals surface area (Å²) in [6.07, 6.45) is 1.78. The highest BCUT2D eigenvalue weighted by atomic mass is 79.9. The van der Waals surface area contributed by atoms with E-state index in [1.54, 1.807) is 38.6 Å². The van der Waals surface area contributed by atoms with Crippen LogP contribution in [0.3, 0.4) is 0 Å². The van der Waals surface area contributed by atoms with E-state index in [2.05, 4.69) is 31.0 Å². The Hall–Kier alpha value is -1.99. The number of aromatic nitrogens is 2. The first-order chi connectivity index (χ1) is 11.6. The van der Waals surface area contributed by atoms with Gasteiger partial charge in [0, 0.05) is 25.2 Å². The Bertz CT molecular complexity index is 755. The lowest BCUT2D eigenvalue weighted by Crippen LogP contribution is -2.26. The van der Waals surface area contributed by atoms with Crippen LogP contribution >= 0.6 is 15.9 Å². The normalized spacial score (nSPS) is 9.96. The fourth-order valence-corrected chi connectivity index (χ4v) is 2.21. The van der Waals surface area contributed by atoms with E-state index in [1.165, 1.54) is 4.57 Å². The van der Waals surface area contributed by atoms with Gasteiger partial charge >= 0.3 is 0 Å². The van der Waals surface area contributed by atoms with E-state index >= 15 is 0 Å². The van der Waals surface area contributed by atoms with Crippen molar-refractivity contribution < 1.29 is 9.47 Å². The molecule has 0 aliphatic heterocycles. The van der Waals surface area contributed by atoms with E-state index in [-0.39, 0.29) is 11.5 Å². The third-order valence-corrected chi connectivity index (χ3v) is 3.42. The second-order valence-electron chi connectivity index (χ2n) is 4.56. The minimum atomic E-state index is -0.207. The molecule has 0 spiro atoms. The smallest absolute Gasteiger partial charge is 0.262 e. The molecule has 0 aliphatic rings. The molecule has 8 nitrogen and oxygen atoms in total. The fourth-order valence-electron chi connectivity index (χ4n) is 1.85. The monoisotopic (exact) mass is 397 g/mol. The summed E-state index contributed by atoms with van der Waals surface area (Å²) in [4.78, 5) is 16.7. The Morgan fingerprint density at radius 2 is 2.08 bits per heavy atom. The van der Waals surface area contributed by atoms with E-state index < -0.39 is 0 Å². The van der Waals surface area contributed by atoms with Crippen LogP contribution in [0.5, 0.6) is 0 Å². The van der Waals surface area contributed by atoms with Gasteiger partial charge in [0.25, 0.3) is 5.56 Å². The predicted molar refractivity (Wildman–Crippen MR) is 95.7 cm³/mol. The molecule has 0 unspecified atom stereocenters. The van der Waals surface area contributed by atoms with Crippen molar-refractivity contribution >= 4 is 32.8 Å². The fraction of sp³-hybridized carbons (Fsp3) is 0.400. The van der Waals surface area contributed by atoms with Gasteiger partial charge in [-0.25, -0.2) is 4.98 Å². The molecule has 3 N–H and O–H groups in total. The van der Waals surface area contributed by atoms with Crippen LogP contribution in [0.4, 0.5) is 5.95 Å². The van der Waals surface area contributed by atoms with Gasteiger partial charge in [-0.1, -0.05) is 15.9 Å². The first-order valence-corrected chi connectivity index (χ1v) is 7.91. The Labute approximate surface area is 148 Å². The maximum absolute atomic E-state index is 12.4. The first kappa shape index (κ1) is 20.1. The lowest BCUT2D eigenvalue weighted by Gasteiger charge is -2.11. The molecule has 9 heteroatoms. The molecule has 0 saturated heterocycles. The minimum absolute atomic E-state index is 0.207. The van der Waals surface area contributed by atoms with Gasteiger partial charge in [-0.05, 0) is 18.2 Å². The van der Waals surface area contributed by atoms with Crippen LogP contribution in [0.15, 0.2) is 27.5 Å². The maximum Gasteiger partial charge on any atom is 0.262 e. The highest BCUT2D eigenvalue weighted by Gasteiger charge is 2.10. The molecule has 1 aromatic heterocycles. The van der Waals surface area contributed by atoms with Crippen LogP contribution in [-0.2, 0) is 16.0 Å². The number of ether oxygens (including phenoxy) is 2. The van der Waals surface area contributed by atoms with E-state index in [1.807, 2.05) is 0 Å². The predicted octanol–water partition coefficient (Wildman–Crippen LogP) is 1.29. The summed E-state index contributed by atoms with van der Waals surface area (Å²) in [5.74, 6) is 0.222. The van der Waals surface area contributed by atoms with Crippen LogP contribution in [0.2, 0.25) is 0 Å². The number of halogens is 1. The highest BCUT2D eigenvalue weighted by molar-refractivity contribution is 9.10. The summed E-state index contributed by atoms with van der Waals surface area (Å²) in [6.45, 7) is 1.98. The summed E-state index contributed by atoms with van der Waals surface area (Å²) in [7, 11) is 3.18. The number of methoxy groups -OCH3 is 2. The lowest BCUT2D eigenvalue weighted by molar-refractivity contribution is 0.186. The number of anilines is 1. The van der Waals surface area contributed by atoms with Gasteiger partial charge in [-0.15, -0.1) is 0 Å². The molecular weight excluding hydrogens is 378 g/mol. The van der Waals surface area contributed by atoms with Crippen molar-refractivity contribution in [3.63, 3.8) is 0 Å². The lowest BCUT2D eigenvalue weighted by atomic mass is 10.2. The molecule has 1 aromatic carbocycles. The number of hydrogen-bond donors (Lipinski definition) is 2. The summed E-state index contributed by atoms with van der Waals surface area (Å²) in [5.41, 5.74) is 5.35. The zero-order valence-electron chi connectivity index (χ0n) is 13.6. The van der Waals surface area contributed by atoms with Gasteiger partial charge in [0.1, 0.15) is 0 Å². The Kier molecular flexibility index (Phi) is 8.96. The Morgan fingerprint density at radius 1 is 1.38 bits per heavy atom. The van der Waals surface area contributed by atoms with Gasteiger partial charge in [-0.2, -0.15) is 5.26 Å². The minimum Gasteiger partial charge on any atom is -0.383 e. The molecule has 1 heterocycles. The van der Waals surface area contributed by atoms with Gasteiger partial charge < -0.3 is 15.2 Å². The average molecular weight is 398 g/mol. The summed E-state index contributed by atoms with van der Waals surface area (Å²) < 4.78 is 11.7. The summed E-state index contributed by atoms with van der Waals surface area (Å²) >= 11 is 3.32. The summed E-state index contributed by atoms with van der Waals surface area (Å²) in [5, 5.41) is 11.6. The van der Waals surface area contributed by atoms with Crippen molar-refractivity contribution in [2.24, 2.45) is 5.73 Å². The van der Waals surface area contributed by atoms with Gasteiger partial charge in [0.2, 0.25) is 5.95 Å². The number of nitrogens with zero attached hydrogens (tertiary/aromatic N) is 3. The largest absolute Gasteiger partial charge is 0.383 e. The molecule has 2 aromatic rings. The first-order valence-electron chi connectivity index (χ1n) is 7.12.